The monoisotopic (exact) mass is 368 g/mol. The molecule has 1 aromatic rings. The van der Waals surface area contributed by atoms with Gasteiger partial charge in [-0.15, -0.1) is 0 Å². The molecule has 0 saturated carbocycles. The minimum absolute atomic E-state index is 0.0462. The zero-order valence-corrected chi connectivity index (χ0v) is 15.5. The normalized spacial score (nSPS) is 19.0. The molecule has 1 fully saturated rings. The smallest absolute Gasteiger partial charge is 0.315 e. The number of hydrogen-bond acceptors (Lipinski definition) is 6. The van der Waals surface area contributed by atoms with Crippen molar-refractivity contribution >= 4 is 27.5 Å². The predicted octanol–water partition coefficient (Wildman–Crippen LogP) is -0.0942. The molecule has 1 atom stereocenters. The van der Waals surface area contributed by atoms with E-state index in [1.165, 1.54) is 4.90 Å². The lowest BCUT2D eigenvalue weighted by Gasteiger charge is -2.28. The Hall–Kier alpha value is -2.00. The molecule has 0 aromatic carbocycles. The summed E-state index contributed by atoms with van der Waals surface area (Å²) in [6, 6.07) is 2.93. The van der Waals surface area contributed by atoms with E-state index in [-0.39, 0.29) is 17.3 Å². The van der Waals surface area contributed by atoms with E-state index in [1.807, 2.05) is 25.9 Å². The number of anilines is 1. The van der Waals surface area contributed by atoms with Crippen LogP contribution in [0.4, 0.5) is 5.82 Å². The number of aryl methyl sites for hydroxylation is 1. The van der Waals surface area contributed by atoms with Gasteiger partial charge >= 0.3 is 11.8 Å². The van der Waals surface area contributed by atoms with Crippen molar-refractivity contribution in [2.24, 2.45) is 0 Å². The molecule has 1 N–H and O–H groups in total. The number of aromatic nitrogens is 1. The van der Waals surface area contributed by atoms with Gasteiger partial charge in [-0.2, -0.15) is 0 Å². The van der Waals surface area contributed by atoms with Crippen LogP contribution in [0.15, 0.2) is 18.3 Å². The second kappa shape index (κ2) is 7.92. The van der Waals surface area contributed by atoms with Gasteiger partial charge in [0.1, 0.15) is 5.82 Å². The van der Waals surface area contributed by atoms with Crippen LogP contribution in [-0.4, -0.2) is 79.7 Å². The number of carbonyl (C=O) groups is 2. The average Bonchev–Trinajstić information content (AvgIpc) is 2.89. The highest BCUT2D eigenvalue weighted by molar-refractivity contribution is 7.91. The molecule has 8 nitrogen and oxygen atoms in total. The quantitative estimate of drug-likeness (QED) is 0.729. The van der Waals surface area contributed by atoms with Crippen molar-refractivity contribution in [1.29, 1.82) is 0 Å². The van der Waals surface area contributed by atoms with Gasteiger partial charge in [0.2, 0.25) is 0 Å². The molecule has 25 heavy (non-hydrogen) atoms. The predicted molar refractivity (Wildman–Crippen MR) is 94.9 cm³/mol. The third-order valence-corrected chi connectivity index (χ3v) is 5.80. The van der Waals surface area contributed by atoms with Crippen LogP contribution in [-0.2, 0) is 19.4 Å². The molecule has 0 bridgehead atoms. The third kappa shape index (κ3) is 5.50. The third-order valence-electron chi connectivity index (χ3n) is 4.05. The first kappa shape index (κ1) is 19.3. The largest absolute Gasteiger partial charge is 0.329 e. The lowest BCUT2D eigenvalue weighted by Crippen LogP contribution is -2.49. The fourth-order valence-corrected chi connectivity index (χ4v) is 4.35. The zero-order valence-electron chi connectivity index (χ0n) is 14.7. The Balaban J connectivity index is 2.10. The summed E-state index contributed by atoms with van der Waals surface area (Å²) in [5.41, 5.74) is 0.938. The number of amides is 2. The van der Waals surface area contributed by atoms with Gasteiger partial charge in [-0.05, 0) is 39.1 Å². The molecule has 1 unspecified atom stereocenters. The summed E-state index contributed by atoms with van der Waals surface area (Å²) in [7, 11) is 0.550. The highest BCUT2D eigenvalue weighted by Gasteiger charge is 2.36. The van der Waals surface area contributed by atoms with Crippen LogP contribution in [0.2, 0.25) is 0 Å². The first-order valence-electron chi connectivity index (χ1n) is 8.08. The van der Waals surface area contributed by atoms with Crippen LogP contribution >= 0.6 is 0 Å². The number of nitrogens with zero attached hydrogens (tertiary/aromatic N) is 3. The Labute approximate surface area is 148 Å². The first-order valence-corrected chi connectivity index (χ1v) is 9.90. The van der Waals surface area contributed by atoms with Gasteiger partial charge in [-0.3, -0.25) is 9.59 Å². The topological polar surface area (TPSA) is 99.7 Å². The Morgan fingerprint density at radius 3 is 2.52 bits per heavy atom. The van der Waals surface area contributed by atoms with Crippen LogP contribution < -0.4 is 5.32 Å². The first-order chi connectivity index (χ1) is 11.7. The van der Waals surface area contributed by atoms with Gasteiger partial charge in [-0.1, -0.05) is 6.07 Å². The van der Waals surface area contributed by atoms with E-state index in [4.69, 9.17) is 0 Å². The average molecular weight is 368 g/mol. The summed E-state index contributed by atoms with van der Waals surface area (Å²) >= 11 is 0. The summed E-state index contributed by atoms with van der Waals surface area (Å²) in [6.45, 7) is 2.70. The highest BCUT2D eigenvalue weighted by atomic mass is 32.2. The van der Waals surface area contributed by atoms with Crippen molar-refractivity contribution in [2.75, 3.05) is 44.0 Å². The van der Waals surface area contributed by atoms with E-state index in [9.17, 15) is 18.0 Å². The second-order valence-electron chi connectivity index (χ2n) is 6.53. The van der Waals surface area contributed by atoms with Crippen LogP contribution in [0.25, 0.3) is 0 Å². The summed E-state index contributed by atoms with van der Waals surface area (Å²) in [5, 5.41) is 2.48. The Kier molecular flexibility index (Phi) is 6.12. The highest BCUT2D eigenvalue weighted by Crippen LogP contribution is 2.18. The molecule has 9 heteroatoms. The van der Waals surface area contributed by atoms with Crippen LogP contribution in [0.5, 0.6) is 0 Å². The lowest BCUT2D eigenvalue weighted by atomic mass is 10.2. The Morgan fingerprint density at radius 1 is 1.28 bits per heavy atom. The van der Waals surface area contributed by atoms with Crippen LogP contribution in [0.1, 0.15) is 12.0 Å². The fraction of sp³-hybridized carbons (Fsp3) is 0.562. The molecule has 1 aliphatic heterocycles. The minimum Gasteiger partial charge on any atom is -0.329 e. The van der Waals surface area contributed by atoms with E-state index in [2.05, 4.69) is 10.3 Å². The van der Waals surface area contributed by atoms with Crippen LogP contribution in [0, 0.1) is 6.92 Å². The maximum Gasteiger partial charge on any atom is 0.315 e. The lowest BCUT2D eigenvalue weighted by molar-refractivity contribution is -0.144. The van der Waals surface area contributed by atoms with E-state index >= 15 is 0 Å². The number of hydrogen-bond donors (Lipinski definition) is 1. The Bertz CT molecular complexity index is 731. The molecule has 1 aromatic heterocycles. The number of rotatable bonds is 5. The fourth-order valence-electron chi connectivity index (χ4n) is 2.62. The summed E-state index contributed by atoms with van der Waals surface area (Å²) in [5.74, 6) is -1.30. The van der Waals surface area contributed by atoms with Gasteiger partial charge in [0.05, 0.1) is 11.5 Å². The molecule has 2 heterocycles. The Morgan fingerprint density at radius 2 is 2.00 bits per heavy atom. The molecule has 0 aliphatic carbocycles. The van der Waals surface area contributed by atoms with E-state index < -0.39 is 27.7 Å². The van der Waals surface area contributed by atoms with Crippen molar-refractivity contribution in [3.63, 3.8) is 0 Å². The van der Waals surface area contributed by atoms with E-state index in [0.717, 1.165) is 5.56 Å². The van der Waals surface area contributed by atoms with Crippen molar-refractivity contribution < 1.29 is 18.0 Å². The summed E-state index contributed by atoms with van der Waals surface area (Å²) in [6.07, 6.45) is 1.95. The maximum atomic E-state index is 12.6. The van der Waals surface area contributed by atoms with Gasteiger partial charge < -0.3 is 15.1 Å². The number of carbonyl (C=O) groups excluding carboxylic acids is 2. The molecule has 1 aliphatic rings. The molecular weight excluding hydrogens is 344 g/mol. The van der Waals surface area contributed by atoms with Crippen molar-refractivity contribution in [3.8, 4) is 0 Å². The van der Waals surface area contributed by atoms with Crippen LogP contribution in [0.3, 0.4) is 0 Å². The van der Waals surface area contributed by atoms with E-state index in [0.29, 0.717) is 19.5 Å². The van der Waals surface area contributed by atoms with Crippen molar-refractivity contribution in [2.45, 2.75) is 19.4 Å². The van der Waals surface area contributed by atoms with E-state index in [1.54, 1.807) is 18.3 Å². The molecular formula is C16H24N4O4S. The SMILES string of the molecule is Cc1ccc(NC(=O)C(=O)N(CCN(C)C)C2CCS(=O)(=O)C2)nc1. The van der Waals surface area contributed by atoms with Gasteiger partial charge in [0.15, 0.2) is 9.84 Å². The van der Waals surface area contributed by atoms with Crippen molar-refractivity contribution in [1.82, 2.24) is 14.8 Å². The summed E-state index contributed by atoms with van der Waals surface area (Å²) in [4.78, 5) is 32.2. The number of nitrogens with one attached hydrogen (secondary N) is 1. The van der Waals surface area contributed by atoms with Gasteiger partial charge in [0.25, 0.3) is 0 Å². The number of likely N-dealkylation sites (N-methyl/N-ethyl adjacent to an activating group) is 1. The summed E-state index contributed by atoms with van der Waals surface area (Å²) < 4.78 is 23.5. The number of sulfone groups is 1. The molecule has 2 rings (SSSR count). The molecule has 138 valence electrons. The van der Waals surface area contributed by atoms with Gasteiger partial charge in [-0.25, -0.2) is 13.4 Å². The molecule has 2 amide bonds. The molecule has 0 radical (unpaired) electrons. The molecule has 0 spiro atoms. The van der Waals surface area contributed by atoms with Gasteiger partial charge in [0, 0.05) is 25.3 Å². The second-order valence-corrected chi connectivity index (χ2v) is 8.76. The maximum absolute atomic E-state index is 12.6. The standard InChI is InChI=1S/C16H24N4O4S/c1-12-4-5-14(17-10-12)18-15(21)16(22)20(8-7-19(2)3)13-6-9-25(23,24)11-13/h4-5,10,13H,6-9,11H2,1-3H3,(H,17,18,21). The number of pyridine rings is 1. The van der Waals surface area contributed by atoms with Crippen molar-refractivity contribution in [3.05, 3.63) is 23.9 Å². The zero-order chi connectivity index (χ0) is 18.6. The minimum atomic E-state index is -3.15. The molecule has 1 saturated heterocycles.